The van der Waals surface area contributed by atoms with Crippen molar-refractivity contribution in [2.24, 2.45) is 0 Å². The van der Waals surface area contributed by atoms with Gasteiger partial charge < -0.3 is 15.1 Å². The van der Waals surface area contributed by atoms with Crippen molar-refractivity contribution in [1.29, 1.82) is 0 Å². The Kier molecular flexibility index (Phi) is 2.93. The van der Waals surface area contributed by atoms with Crippen LogP contribution in [0, 0.1) is 0 Å². The van der Waals surface area contributed by atoms with Crippen molar-refractivity contribution in [3.05, 3.63) is 21.9 Å². The van der Waals surface area contributed by atoms with Crippen LogP contribution >= 0.6 is 11.3 Å². The van der Waals surface area contributed by atoms with Gasteiger partial charge in [0.1, 0.15) is 4.88 Å². The van der Waals surface area contributed by atoms with Crippen molar-refractivity contribution in [3.8, 4) is 0 Å². The van der Waals surface area contributed by atoms with Crippen LogP contribution in [0.15, 0.2) is 12.1 Å². The smallest absolute Gasteiger partial charge is 0.345 e. The average Bonchev–Trinajstić information content (AvgIpc) is 2.84. The lowest BCUT2D eigenvalue weighted by Gasteiger charge is -2.13. The van der Waals surface area contributed by atoms with Crippen LogP contribution in [-0.4, -0.2) is 46.2 Å². The maximum Gasteiger partial charge on any atom is 0.345 e. The molecule has 1 atom stereocenters. The molecule has 1 aliphatic heterocycles. The molecule has 0 bridgehead atoms. The number of nitrogens with zero attached hydrogens (tertiary/aromatic N) is 1. The van der Waals surface area contributed by atoms with Gasteiger partial charge in [-0.15, -0.1) is 11.3 Å². The first-order valence-corrected chi connectivity index (χ1v) is 5.70. The van der Waals surface area contributed by atoms with Gasteiger partial charge in [0.25, 0.3) is 5.91 Å². The number of aliphatic hydroxyl groups excluding tert-OH is 1. The molecule has 6 heteroatoms. The molecule has 1 fully saturated rings. The SMILES string of the molecule is O=C(O)c1ccc(C(=O)N2CCC(O)C2)s1. The second-order valence-corrected chi connectivity index (χ2v) is 4.75. The number of carbonyl (C=O) groups is 2. The molecule has 0 spiro atoms. The van der Waals surface area contributed by atoms with E-state index in [0.29, 0.717) is 24.4 Å². The lowest BCUT2D eigenvalue weighted by atomic mass is 10.3. The average molecular weight is 241 g/mol. The van der Waals surface area contributed by atoms with E-state index in [2.05, 4.69) is 0 Å². The molecule has 2 N–H and O–H groups in total. The van der Waals surface area contributed by atoms with E-state index in [-0.39, 0.29) is 10.8 Å². The Hall–Kier alpha value is -1.40. The molecular formula is C10H11NO4S. The second-order valence-electron chi connectivity index (χ2n) is 3.66. The van der Waals surface area contributed by atoms with Gasteiger partial charge in [-0.2, -0.15) is 0 Å². The van der Waals surface area contributed by atoms with Crippen molar-refractivity contribution >= 4 is 23.2 Å². The van der Waals surface area contributed by atoms with E-state index < -0.39 is 12.1 Å². The Balaban J connectivity index is 2.11. The van der Waals surface area contributed by atoms with Gasteiger partial charge in [0.05, 0.1) is 11.0 Å². The molecular weight excluding hydrogens is 230 g/mol. The third-order valence-electron chi connectivity index (χ3n) is 2.48. The lowest BCUT2D eigenvalue weighted by Crippen LogP contribution is -2.28. The molecule has 86 valence electrons. The summed E-state index contributed by atoms with van der Waals surface area (Å²) < 4.78 is 0. The quantitative estimate of drug-likeness (QED) is 0.797. The number of β-amino-alcohol motifs (C(OH)–C–C–N with tert-alkyl or cyclic N) is 1. The highest BCUT2D eigenvalue weighted by Crippen LogP contribution is 2.20. The Morgan fingerprint density at radius 1 is 1.38 bits per heavy atom. The van der Waals surface area contributed by atoms with Crippen LogP contribution in [0.2, 0.25) is 0 Å². The topological polar surface area (TPSA) is 77.8 Å². The molecule has 5 nitrogen and oxygen atoms in total. The summed E-state index contributed by atoms with van der Waals surface area (Å²) in [5, 5.41) is 18.0. The Bertz CT molecular complexity index is 428. The zero-order valence-electron chi connectivity index (χ0n) is 8.42. The largest absolute Gasteiger partial charge is 0.477 e. The minimum absolute atomic E-state index is 0.156. The number of aromatic carboxylic acids is 1. The van der Waals surface area contributed by atoms with Gasteiger partial charge in [0, 0.05) is 13.1 Å². The molecule has 16 heavy (non-hydrogen) atoms. The number of aliphatic hydroxyl groups is 1. The predicted molar refractivity (Wildman–Crippen MR) is 57.8 cm³/mol. The number of amides is 1. The van der Waals surface area contributed by atoms with Crippen molar-refractivity contribution in [3.63, 3.8) is 0 Å². The van der Waals surface area contributed by atoms with Gasteiger partial charge in [-0.25, -0.2) is 4.79 Å². The second kappa shape index (κ2) is 4.23. The molecule has 0 saturated carbocycles. The van der Waals surface area contributed by atoms with Gasteiger partial charge >= 0.3 is 5.97 Å². The summed E-state index contributed by atoms with van der Waals surface area (Å²) in [6.07, 6.45) is 0.131. The summed E-state index contributed by atoms with van der Waals surface area (Å²) in [4.78, 5) is 24.6. The predicted octanol–water partition coefficient (Wildman–Crippen LogP) is 0.653. The zero-order valence-corrected chi connectivity index (χ0v) is 9.24. The van der Waals surface area contributed by atoms with Gasteiger partial charge in [0.2, 0.25) is 0 Å². The summed E-state index contributed by atoms with van der Waals surface area (Å²) in [6.45, 7) is 0.861. The van der Waals surface area contributed by atoms with E-state index in [1.165, 1.54) is 12.1 Å². The molecule has 1 aromatic heterocycles. The van der Waals surface area contributed by atoms with E-state index in [1.54, 1.807) is 4.90 Å². The summed E-state index contributed by atoms with van der Waals surface area (Å²) >= 11 is 0.965. The lowest BCUT2D eigenvalue weighted by molar-refractivity contribution is 0.0701. The summed E-state index contributed by atoms with van der Waals surface area (Å²) in [5.74, 6) is -1.22. The van der Waals surface area contributed by atoms with E-state index in [0.717, 1.165) is 11.3 Å². The van der Waals surface area contributed by atoms with Crippen LogP contribution in [0.5, 0.6) is 0 Å². The molecule has 1 saturated heterocycles. The zero-order chi connectivity index (χ0) is 11.7. The Morgan fingerprint density at radius 2 is 2.06 bits per heavy atom. The van der Waals surface area contributed by atoms with Gasteiger partial charge in [-0.05, 0) is 18.6 Å². The van der Waals surface area contributed by atoms with Crippen molar-refractivity contribution in [1.82, 2.24) is 4.90 Å². The van der Waals surface area contributed by atoms with Crippen LogP contribution in [0.25, 0.3) is 0 Å². The normalized spacial score (nSPS) is 20.1. The molecule has 0 radical (unpaired) electrons. The molecule has 0 aliphatic carbocycles. The van der Waals surface area contributed by atoms with E-state index in [1.807, 2.05) is 0 Å². The molecule has 1 aliphatic rings. The van der Waals surface area contributed by atoms with E-state index in [4.69, 9.17) is 5.11 Å². The molecule has 1 aromatic rings. The monoisotopic (exact) mass is 241 g/mol. The Morgan fingerprint density at radius 3 is 2.56 bits per heavy atom. The molecule has 0 aromatic carbocycles. The number of carbonyl (C=O) groups excluding carboxylic acids is 1. The molecule has 2 heterocycles. The fourth-order valence-corrected chi connectivity index (χ4v) is 2.46. The number of thiophene rings is 1. The first kappa shape index (κ1) is 11.1. The fourth-order valence-electron chi connectivity index (χ4n) is 1.65. The van der Waals surface area contributed by atoms with E-state index >= 15 is 0 Å². The summed E-state index contributed by atoms with van der Waals surface area (Å²) in [6, 6.07) is 2.94. The Labute approximate surface area is 95.9 Å². The van der Waals surface area contributed by atoms with Gasteiger partial charge in [0.15, 0.2) is 0 Å². The van der Waals surface area contributed by atoms with Crippen LogP contribution in [0.3, 0.4) is 0 Å². The maximum atomic E-state index is 11.9. The van der Waals surface area contributed by atoms with Crippen LogP contribution < -0.4 is 0 Å². The fraction of sp³-hybridized carbons (Fsp3) is 0.400. The number of carboxylic acid groups (broad SMARTS) is 1. The number of likely N-dealkylation sites (tertiary alicyclic amines) is 1. The number of carboxylic acids is 1. The van der Waals surface area contributed by atoms with Crippen molar-refractivity contribution < 1.29 is 19.8 Å². The third-order valence-corrected chi connectivity index (χ3v) is 3.54. The highest BCUT2D eigenvalue weighted by atomic mass is 32.1. The first-order valence-electron chi connectivity index (χ1n) is 4.88. The van der Waals surface area contributed by atoms with Crippen molar-refractivity contribution in [2.45, 2.75) is 12.5 Å². The summed E-state index contributed by atoms with van der Waals surface area (Å²) in [5.41, 5.74) is 0. The molecule has 1 unspecified atom stereocenters. The molecule has 2 rings (SSSR count). The minimum Gasteiger partial charge on any atom is -0.477 e. The maximum absolute atomic E-state index is 11.9. The third kappa shape index (κ3) is 2.07. The van der Waals surface area contributed by atoms with Crippen LogP contribution in [0.4, 0.5) is 0 Å². The van der Waals surface area contributed by atoms with Crippen LogP contribution in [-0.2, 0) is 0 Å². The van der Waals surface area contributed by atoms with Gasteiger partial charge in [-0.3, -0.25) is 4.79 Å². The first-order chi connectivity index (χ1) is 7.58. The number of hydrogen-bond acceptors (Lipinski definition) is 4. The standard InChI is InChI=1S/C10H11NO4S/c12-6-3-4-11(5-6)9(13)7-1-2-8(16-7)10(14)15/h1-2,6,12H,3-5H2,(H,14,15). The summed E-state index contributed by atoms with van der Waals surface area (Å²) in [7, 11) is 0. The number of rotatable bonds is 2. The number of hydrogen-bond donors (Lipinski definition) is 2. The van der Waals surface area contributed by atoms with E-state index in [9.17, 15) is 14.7 Å². The van der Waals surface area contributed by atoms with Crippen molar-refractivity contribution in [2.75, 3.05) is 13.1 Å². The minimum atomic E-state index is -1.02. The van der Waals surface area contributed by atoms with Crippen LogP contribution in [0.1, 0.15) is 25.8 Å². The highest BCUT2D eigenvalue weighted by Gasteiger charge is 2.26. The highest BCUT2D eigenvalue weighted by molar-refractivity contribution is 7.15. The molecule has 1 amide bonds. The van der Waals surface area contributed by atoms with Gasteiger partial charge in [-0.1, -0.05) is 0 Å².